The zero-order chi connectivity index (χ0) is 19.9. The molecule has 28 heavy (non-hydrogen) atoms. The third-order valence-electron chi connectivity index (χ3n) is 7.47. The summed E-state index contributed by atoms with van der Waals surface area (Å²) >= 11 is 0. The first-order valence-electron chi connectivity index (χ1n) is 10.6. The molecule has 0 heterocycles. The Labute approximate surface area is 167 Å². The average molecular weight is 383 g/mol. The van der Waals surface area contributed by atoms with Crippen LogP contribution in [0.25, 0.3) is 6.08 Å². The molecule has 0 unspecified atom stereocenters. The van der Waals surface area contributed by atoms with E-state index in [0.717, 1.165) is 49.8 Å². The molecule has 2 fully saturated rings. The van der Waals surface area contributed by atoms with E-state index in [2.05, 4.69) is 19.1 Å². The highest BCUT2D eigenvalue weighted by Crippen LogP contribution is 2.59. The van der Waals surface area contributed by atoms with Crippen LogP contribution < -0.4 is 4.74 Å². The lowest BCUT2D eigenvalue weighted by Crippen LogP contribution is -2.42. The molecule has 4 rings (SSSR count). The molecule has 0 N–H and O–H groups in total. The maximum atomic E-state index is 12.5. The molecule has 0 bridgehead atoms. The van der Waals surface area contributed by atoms with Gasteiger partial charge in [-0.3, -0.25) is 4.79 Å². The van der Waals surface area contributed by atoms with E-state index >= 15 is 0 Å². The molecule has 0 saturated heterocycles. The van der Waals surface area contributed by atoms with E-state index in [1.807, 2.05) is 0 Å². The van der Waals surface area contributed by atoms with Crippen molar-refractivity contribution < 1.29 is 19.1 Å². The largest absolute Gasteiger partial charge is 0.496 e. The van der Waals surface area contributed by atoms with Crippen molar-refractivity contribution >= 4 is 17.8 Å². The summed E-state index contributed by atoms with van der Waals surface area (Å²) in [5, 5.41) is 0. The van der Waals surface area contributed by atoms with E-state index in [-0.39, 0.29) is 11.4 Å². The molecule has 1 aromatic carbocycles. The first-order valence-corrected chi connectivity index (χ1v) is 10.6. The van der Waals surface area contributed by atoms with Gasteiger partial charge < -0.3 is 9.47 Å². The molecule has 150 valence electrons. The Bertz CT molecular complexity index is 824. The van der Waals surface area contributed by atoms with Gasteiger partial charge in [0.2, 0.25) is 0 Å². The van der Waals surface area contributed by atoms with Crippen LogP contribution in [0.1, 0.15) is 68.6 Å². The number of carbonyl (C=O) groups excluding carboxylic acids is 2. The van der Waals surface area contributed by atoms with Gasteiger partial charge in [0.25, 0.3) is 0 Å². The molecular formula is C24H30O4. The maximum Gasteiger partial charge on any atom is 0.330 e. The lowest BCUT2D eigenvalue weighted by atomic mass is 9.55. The van der Waals surface area contributed by atoms with Crippen LogP contribution in [0.5, 0.6) is 5.75 Å². The average Bonchev–Trinajstić information content (AvgIpc) is 3.00. The number of rotatable bonds is 4. The molecule has 3 aliphatic carbocycles. The van der Waals surface area contributed by atoms with Crippen LogP contribution in [0.15, 0.2) is 18.2 Å². The van der Waals surface area contributed by atoms with Crippen LogP contribution in [0, 0.1) is 17.3 Å². The Morgan fingerprint density at radius 1 is 1.25 bits per heavy atom. The standard InChI is InChI=1S/C24H30O4/c1-4-28-23(26)10-6-16-13-19-15(14-21(16)27-3)5-7-18-17(19)11-12-24(2)20(18)8-9-22(24)25/h6,10,13-14,17-18,20H,4-5,7-9,11-12H2,1-3H3/b10-6+/t17-,18+,20-,24-/m0/s1. The molecule has 0 spiro atoms. The Kier molecular flexibility index (Phi) is 5.07. The quantitative estimate of drug-likeness (QED) is 0.560. The second-order valence-corrected chi connectivity index (χ2v) is 8.71. The predicted octanol–water partition coefficient (Wildman–Crippen LogP) is 4.70. The van der Waals surface area contributed by atoms with Gasteiger partial charge in [-0.15, -0.1) is 0 Å². The summed E-state index contributed by atoms with van der Waals surface area (Å²) in [6, 6.07) is 4.35. The van der Waals surface area contributed by atoms with Gasteiger partial charge in [-0.2, -0.15) is 0 Å². The first kappa shape index (κ1) is 19.2. The van der Waals surface area contributed by atoms with E-state index in [1.165, 1.54) is 17.2 Å². The van der Waals surface area contributed by atoms with Crippen molar-refractivity contribution in [2.75, 3.05) is 13.7 Å². The highest BCUT2D eigenvalue weighted by atomic mass is 16.5. The van der Waals surface area contributed by atoms with Crippen LogP contribution in [0.3, 0.4) is 0 Å². The van der Waals surface area contributed by atoms with Crippen molar-refractivity contribution in [3.63, 3.8) is 0 Å². The monoisotopic (exact) mass is 382 g/mol. The van der Waals surface area contributed by atoms with Crippen molar-refractivity contribution in [1.29, 1.82) is 0 Å². The van der Waals surface area contributed by atoms with Gasteiger partial charge in [0.15, 0.2) is 0 Å². The third kappa shape index (κ3) is 3.07. The van der Waals surface area contributed by atoms with E-state index in [4.69, 9.17) is 9.47 Å². The number of fused-ring (bicyclic) bond motifs is 5. The fourth-order valence-electron chi connectivity index (χ4n) is 6.04. The molecule has 0 aliphatic heterocycles. The molecular weight excluding hydrogens is 352 g/mol. The van der Waals surface area contributed by atoms with Crippen LogP contribution >= 0.6 is 0 Å². The summed E-state index contributed by atoms with van der Waals surface area (Å²) in [6.45, 7) is 4.38. The van der Waals surface area contributed by atoms with E-state index in [1.54, 1.807) is 20.1 Å². The summed E-state index contributed by atoms with van der Waals surface area (Å²) < 4.78 is 10.6. The smallest absolute Gasteiger partial charge is 0.330 e. The number of ketones is 1. The molecule has 0 aromatic heterocycles. The number of benzene rings is 1. The number of Topliss-reactive ketones (excluding diaryl/α,β-unsaturated/α-hetero) is 1. The fourth-order valence-corrected chi connectivity index (χ4v) is 6.04. The molecule has 3 aliphatic rings. The molecule has 4 atom stereocenters. The number of hydrogen-bond acceptors (Lipinski definition) is 4. The summed E-state index contributed by atoms with van der Waals surface area (Å²) in [5.41, 5.74) is 3.57. The van der Waals surface area contributed by atoms with Gasteiger partial charge in [0, 0.05) is 23.5 Å². The van der Waals surface area contributed by atoms with Crippen LogP contribution in [-0.2, 0) is 20.7 Å². The summed E-state index contributed by atoms with van der Waals surface area (Å²) in [5.74, 6) is 2.57. The second-order valence-electron chi connectivity index (χ2n) is 8.71. The van der Waals surface area contributed by atoms with E-state index < -0.39 is 0 Å². The minimum Gasteiger partial charge on any atom is -0.496 e. The van der Waals surface area contributed by atoms with Gasteiger partial charge >= 0.3 is 5.97 Å². The summed E-state index contributed by atoms with van der Waals surface area (Å²) in [6.07, 6.45) is 9.35. The zero-order valence-corrected chi connectivity index (χ0v) is 17.1. The van der Waals surface area contributed by atoms with Crippen LogP contribution in [-0.4, -0.2) is 25.5 Å². The van der Waals surface area contributed by atoms with E-state index in [9.17, 15) is 9.59 Å². The Morgan fingerprint density at radius 3 is 2.82 bits per heavy atom. The minimum atomic E-state index is -0.335. The number of aryl methyl sites for hydroxylation is 1. The van der Waals surface area contributed by atoms with Crippen molar-refractivity contribution in [1.82, 2.24) is 0 Å². The highest BCUT2D eigenvalue weighted by Gasteiger charge is 2.54. The van der Waals surface area contributed by atoms with Crippen LogP contribution in [0.2, 0.25) is 0 Å². The lowest BCUT2D eigenvalue weighted by Gasteiger charge is -2.48. The number of methoxy groups -OCH3 is 1. The SMILES string of the molecule is CCOC(=O)/C=C/c1cc2c(cc1OC)CC[C@@H]1[C@@H]2CC[C@]2(C)C(=O)CC[C@@H]12. The second kappa shape index (κ2) is 7.38. The van der Waals surface area contributed by atoms with Gasteiger partial charge in [0.05, 0.1) is 13.7 Å². The molecule has 4 nitrogen and oxygen atoms in total. The third-order valence-corrected chi connectivity index (χ3v) is 7.47. The molecule has 2 saturated carbocycles. The molecule has 4 heteroatoms. The number of esters is 1. The normalized spacial score (nSPS) is 31.2. The van der Waals surface area contributed by atoms with Gasteiger partial charge in [-0.25, -0.2) is 4.79 Å². The fraction of sp³-hybridized carbons (Fsp3) is 0.583. The topological polar surface area (TPSA) is 52.6 Å². The maximum absolute atomic E-state index is 12.5. The number of ether oxygens (including phenoxy) is 2. The zero-order valence-electron chi connectivity index (χ0n) is 17.1. The summed E-state index contributed by atoms with van der Waals surface area (Å²) in [7, 11) is 1.67. The Hall–Kier alpha value is -2.10. The minimum absolute atomic E-state index is 0.0994. The van der Waals surface area contributed by atoms with Gasteiger partial charge in [-0.1, -0.05) is 6.92 Å². The highest BCUT2D eigenvalue weighted by molar-refractivity contribution is 5.88. The van der Waals surface area contributed by atoms with E-state index in [0.29, 0.717) is 30.1 Å². The van der Waals surface area contributed by atoms with Crippen molar-refractivity contribution in [2.45, 2.75) is 58.3 Å². The Balaban J connectivity index is 1.67. The number of carbonyl (C=O) groups is 2. The predicted molar refractivity (Wildman–Crippen MR) is 108 cm³/mol. The lowest BCUT2D eigenvalue weighted by molar-refractivity contribution is -0.137. The molecule has 1 aromatic rings. The first-order chi connectivity index (χ1) is 13.5. The van der Waals surface area contributed by atoms with Crippen molar-refractivity contribution in [3.05, 3.63) is 34.9 Å². The number of hydrogen-bond donors (Lipinski definition) is 0. The van der Waals surface area contributed by atoms with Gasteiger partial charge in [0.1, 0.15) is 11.5 Å². The van der Waals surface area contributed by atoms with Gasteiger partial charge in [-0.05, 0) is 86.1 Å². The van der Waals surface area contributed by atoms with Crippen LogP contribution in [0.4, 0.5) is 0 Å². The van der Waals surface area contributed by atoms with Crippen molar-refractivity contribution in [2.24, 2.45) is 17.3 Å². The Morgan fingerprint density at radius 2 is 2.07 bits per heavy atom. The van der Waals surface area contributed by atoms with Crippen molar-refractivity contribution in [3.8, 4) is 5.75 Å². The molecule has 0 radical (unpaired) electrons. The summed E-state index contributed by atoms with van der Waals surface area (Å²) in [4.78, 5) is 24.3. The molecule has 0 amide bonds.